The van der Waals surface area contributed by atoms with Crippen LogP contribution in [0.5, 0.6) is 0 Å². The number of nitrogens with zero attached hydrogens (tertiary/aromatic N) is 2. The Morgan fingerprint density at radius 2 is 1.18 bits per heavy atom. The number of hydrogen-bond acceptors (Lipinski definition) is 4. The standard InChI is InChI=1S/2C12H19NS/c2*1-3-4-5-10-6-7-11-12(8-10)14-9(2)13-11/h2*10H,3-8H2,1-2H3/t2*10-/m11/s1. The minimum atomic E-state index is 0.947. The molecule has 28 heavy (non-hydrogen) atoms. The van der Waals surface area contributed by atoms with Crippen LogP contribution >= 0.6 is 22.7 Å². The van der Waals surface area contributed by atoms with E-state index in [0.29, 0.717) is 0 Å². The van der Waals surface area contributed by atoms with Crippen LogP contribution in [-0.2, 0) is 25.7 Å². The van der Waals surface area contributed by atoms with E-state index in [2.05, 4.69) is 37.7 Å². The van der Waals surface area contributed by atoms with Gasteiger partial charge < -0.3 is 0 Å². The highest BCUT2D eigenvalue weighted by Gasteiger charge is 2.22. The van der Waals surface area contributed by atoms with E-state index in [4.69, 9.17) is 0 Å². The normalized spacial score (nSPS) is 20.9. The Balaban J connectivity index is 0.000000161. The summed E-state index contributed by atoms with van der Waals surface area (Å²) in [7, 11) is 0. The number of hydrogen-bond donors (Lipinski definition) is 0. The molecule has 4 rings (SSSR count). The number of unbranched alkanes of at least 4 members (excludes halogenated alkanes) is 2. The lowest BCUT2D eigenvalue weighted by Crippen LogP contribution is -2.12. The lowest BCUT2D eigenvalue weighted by Gasteiger charge is -2.20. The minimum absolute atomic E-state index is 0.947. The molecule has 156 valence electrons. The first-order chi connectivity index (χ1) is 13.6. The third-order valence-corrected chi connectivity index (χ3v) is 8.30. The summed E-state index contributed by atoms with van der Waals surface area (Å²) in [4.78, 5) is 12.3. The first kappa shape index (κ1) is 22.0. The largest absolute Gasteiger partial charge is 0.246 e. The summed E-state index contributed by atoms with van der Waals surface area (Å²) in [6.45, 7) is 8.82. The van der Waals surface area contributed by atoms with Crippen LogP contribution in [0.3, 0.4) is 0 Å². The van der Waals surface area contributed by atoms with Gasteiger partial charge in [0.05, 0.1) is 21.4 Å². The van der Waals surface area contributed by atoms with Crippen LogP contribution in [0, 0.1) is 25.7 Å². The van der Waals surface area contributed by atoms with Gasteiger partial charge in [0.1, 0.15) is 0 Å². The molecule has 0 aromatic carbocycles. The van der Waals surface area contributed by atoms with E-state index in [-0.39, 0.29) is 0 Å². The molecule has 0 aliphatic heterocycles. The molecule has 2 aromatic heterocycles. The molecule has 0 amide bonds. The summed E-state index contributed by atoms with van der Waals surface area (Å²) >= 11 is 3.83. The van der Waals surface area contributed by atoms with E-state index in [0.717, 1.165) is 11.8 Å². The van der Waals surface area contributed by atoms with Gasteiger partial charge in [0.15, 0.2) is 0 Å². The Morgan fingerprint density at radius 1 is 0.750 bits per heavy atom. The van der Waals surface area contributed by atoms with Crippen LogP contribution in [0.1, 0.15) is 96.4 Å². The molecule has 2 heterocycles. The highest BCUT2D eigenvalue weighted by Crippen LogP contribution is 2.33. The molecule has 4 heteroatoms. The van der Waals surface area contributed by atoms with Crippen LogP contribution in [0.2, 0.25) is 0 Å². The lowest BCUT2D eigenvalue weighted by atomic mass is 9.87. The van der Waals surface area contributed by atoms with Crippen molar-refractivity contribution in [3.05, 3.63) is 31.2 Å². The molecule has 0 radical (unpaired) electrons. The van der Waals surface area contributed by atoms with Gasteiger partial charge in [0.2, 0.25) is 0 Å². The molecule has 2 aromatic rings. The van der Waals surface area contributed by atoms with E-state index in [1.807, 2.05) is 22.7 Å². The zero-order valence-corrected chi connectivity index (χ0v) is 20.0. The first-order valence-corrected chi connectivity index (χ1v) is 13.1. The SMILES string of the molecule is CCCC[C@@H]1CCc2nc(C)sc2C1.CCCC[C@@H]1CCc2nc(C)sc2C1. The van der Waals surface area contributed by atoms with Crippen molar-refractivity contribution >= 4 is 22.7 Å². The van der Waals surface area contributed by atoms with Crippen molar-refractivity contribution in [1.82, 2.24) is 9.97 Å². The fourth-order valence-electron chi connectivity index (χ4n) is 4.62. The second kappa shape index (κ2) is 10.9. The smallest absolute Gasteiger partial charge is 0.0900 e. The molecule has 2 nitrogen and oxygen atoms in total. The molecule has 0 spiro atoms. The third-order valence-electron chi connectivity index (χ3n) is 6.23. The van der Waals surface area contributed by atoms with E-state index in [1.165, 1.54) is 98.5 Å². The maximum absolute atomic E-state index is 4.58. The van der Waals surface area contributed by atoms with E-state index in [1.54, 1.807) is 9.75 Å². The Kier molecular flexibility index (Phi) is 8.52. The van der Waals surface area contributed by atoms with Gasteiger partial charge in [-0.2, -0.15) is 0 Å². The summed E-state index contributed by atoms with van der Waals surface area (Å²) in [6.07, 6.45) is 16.1. The highest BCUT2D eigenvalue weighted by molar-refractivity contribution is 7.12. The first-order valence-electron chi connectivity index (χ1n) is 11.5. The molecule has 2 aliphatic carbocycles. The molecule has 0 saturated carbocycles. The van der Waals surface area contributed by atoms with Crippen LogP contribution in [0.15, 0.2) is 0 Å². The van der Waals surface area contributed by atoms with Crippen LogP contribution in [0.4, 0.5) is 0 Å². The maximum atomic E-state index is 4.58. The van der Waals surface area contributed by atoms with Gasteiger partial charge in [-0.15, -0.1) is 22.7 Å². The minimum Gasteiger partial charge on any atom is -0.246 e. The fourth-order valence-corrected chi connectivity index (χ4v) is 6.82. The lowest BCUT2D eigenvalue weighted by molar-refractivity contribution is 0.414. The van der Waals surface area contributed by atoms with E-state index >= 15 is 0 Å². The zero-order chi connectivity index (χ0) is 19.9. The Bertz CT molecular complexity index is 669. The zero-order valence-electron chi connectivity index (χ0n) is 18.4. The summed E-state index contributed by atoms with van der Waals surface area (Å²) in [5.74, 6) is 1.89. The van der Waals surface area contributed by atoms with Gasteiger partial charge in [-0.25, -0.2) is 9.97 Å². The Morgan fingerprint density at radius 3 is 1.57 bits per heavy atom. The average Bonchev–Trinajstić information content (AvgIpc) is 3.24. The number of aryl methyl sites for hydroxylation is 4. The Labute approximate surface area is 180 Å². The molecule has 2 aliphatic rings. The monoisotopic (exact) mass is 418 g/mol. The van der Waals surface area contributed by atoms with Crippen molar-refractivity contribution in [3.63, 3.8) is 0 Å². The third kappa shape index (κ3) is 6.13. The van der Waals surface area contributed by atoms with Gasteiger partial charge >= 0.3 is 0 Å². The topological polar surface area (TPSA) is 25.8 Å². The summed E-state index contributed by atoms with van der Waals surface area (Å²) < 4.78 is 0. The number of aromatic nitrogens is 2. The summed E-state index contributed by atoms with van der Waals surface area (Å²) in [5.41, 5.74) is 2.81. The molecule has 2 atom stereocenters. The van der Waals surface area contributed by atoms with Crippen LogP contribution < -0.4 is 0 Å². The van der Waals surface area contributed by atoms with Crippen molar-refractivity contribution in [1.29, 1.82) is 0 Å². The second-order valence-corrected chi connectivity index (χ2v) is 11.3. The van der Waals surface area contributed by atoms with Crippen molar-refractivity contribution < 1.29 is 0 Å². The van der Waals surface area contributed by atoms with Gasteiger partial charge in [0, 0.05) is 9.75 Å². The van der Waals surface area contributed by atoms with Gasteiger partial charge in [0.25, 0.3) is 0 Å². The van der Waals surface area contributed by atoms with Gasteiger partial charge in [-0.3, -0.25) is 0 Å². The predicted molar refractivity (Wildman–Crippen MR) is 124 cm³/mol. The molecule has 0 N–H and O–H groups in total. The number of rotatable bonds is 6. The molecule has 0 bridgehead atoms. The van der Waals surface area contributed by atoms with Crippen LogP contribution in [-0.4, -0.2) is 9.97 Å². The number of fused-ring (bicyclic) bond motifs is 2. The number of thiazole rings is 2. The molecule has 0 unspecified atom stereocenters. The van der Waals surface area contributed by atoms with Crippen molar-refractivity contribution in [2.24, 2.45) is 11.8 Å². The molecular weight excluding hydrogens is 380 g/mol. The van der Waals surface area contributed by atoms with Crippen LogP contribution in [0.25, 0.3) is 0 Å². The summed E-state index contributed by atoms with van der Waals surface area (Å²) in [6, 6.07) is 0. The second-order valence-electron chi connectivity index (χ2n) is 8.71. The fraction of sp³-hybridized carbons (Fsp3) is 0.750. The molecular formula is C24H38N2S2. The maximum Gasteiger partial charge on any atom is 0.0900 e. The van der Waals surface area contributed by atoms with E-state index in [9.17, 15) is 0 Å². The van der Waals surface area contributed by atoms with E-state index < -0.39 is 0 Å². The van der Waals surface area contributed by atoms with Gasteiger partial charge in [-0.1, -0.05) is 52.4 Å². The summed E-state index contributed by atoms with van der Waals surface area (Å²) in [5, 5.41) is 2.51. The van der Waals surface area contributed by atoms with Gasteiger partial charge in [-0.05, 0) is 64.2 Å². The van der Waals surface area contributed by atoms with Crippen molar-refractivity contribution in [2.75, 3.05) is 0 Å². The Hall–Kier alpha value is -0.740. The molecule has 0 fully saturated rings. The van der Waals surface area contributed by atoms with Crippen molar-refractivity contribution in [3.8, 4) is 0 Å². The average molecular weight is 419 g/mol. The molecule has 0 saturated heterocycles. The quantitative estimate of drug-likeness (QED) is 0.485. The predicted octanol–water partition coefficient (Wildman–Crippen LogP) is 7.49. The highest BCUT2D eigenvalue weighted by atomic mass is 32.1. The van der Waals surface area contributed by atoms with Crippen molar-refractivity contribution in [2.45, 2.75) is 105 Å².